The van der Waals surface area contributed by atoms with Crippen molar-refractivity contribution in [3.8, 4) is 0 Å². The van der Waals surface area contributed by atoms with Crippen molar-refractivity contribution < 1.29 is 22.4 Å². The van der Waals surface area contributed by atoms with Crippen LogP contribution in [0, 0.1) is 24.4 Å². The van der Waals surface area contributed by atoms with Crippen molar-refractivity contribution in [3.63, 3.8) is 0 Å². The number of hydrogen-bond acceptors (Lipinski definition) is 3. The lowest BCUT2D eigenvalue weighted by Crippen LogP contribution is -2.26. The molecular weight excluding hydrogens is 409 g/mol. The fourth-order valence-electron chi connectivity index (χ4n) is 3.48. The molecule has 2 heterocycles. The summed E-state index contributed by atoms with van der Waals surface area (Å²) in [6.45, 7) is 1.53. The zero-order chi connectivity index (χ0) is 22.1. The van der Waals surface area contributed by atoms with E-state index in [2.05, 4.69) is 5.32 Å². The van der Waals surface area contributed by atoms with Crippen LogP contribution in [0.4, 0.5) is 13.2 Å². The lowest BCUT2D eigenvalue weighted by molar-refractivity contribution is 0.0950. The van der Waals surface area contributed by atoms with E-state index >= 15 is 0 Å². The molecule has 8 heteroatoms. The van der Waals surface area contributed by atoms with Gasteiger partial charge in [0, 0.05) is 18.8 Å². The summed E-state index contributed by atoms with van der Waals surface area (Å²) in [6, 6.07) is 10.4. The molecule has 0 aliphatic carbocycles. The smallest absolute Gasteiger partial charge is 0.262 e. The highest BCUT2D eigenvalue weighted by Crippen LogP contribution is 2.23. The van der Waals surface area contributed by atoms with Gasteiger partial charge in [0.15, 0.2) is 0 Å². The Bertz CT molecular complexity index is 1340. The van der Waals surface area contributed by atoms with Crippen LogP contribution in [0.3, 0.4) is 0 Å². The van der Waals surface area contributed by atoms with Gasteiger partial charge in [0.25, 0.3) is 11.5 Å². The second-order valence-electron chi connectivity index (χ2n) is 7.11. The SMILES string of the molecule is Cc1oc2ccn(Cc3cccc(F)c3)c(=O)c2c1C(=O)NCc1cc(F)cc(F)c1. The van der Waals surface area contributed by atoms with Crippen LogP contribution in [0.2, 0.25) is 0 Å². The number of nitrogens with zero attached hydrogens (tertiary/aromatic N) is 1. The van der Waals surface area contributed by atoms with Gasteiger partial charge in [0.2, 0.25) is 0 Å². The highest BCUT2D eigenvalue weighted by Gasteiger charge is 2.22. The first-order valence-corrected chi connectivity index (χ1v) is 9.42. The lowest BCUT2D eigenvalue weighted by atomic mass is 10.1. The fourth-order valence-corrected chi connectivity index (χ4v) is 3.48. The normalized spacial score (nSPS) is 11.1. The number of carbonyl (C=O) groups excluding carboxylic acids is 1. The Morgan fingerprint density at radius 3 is 2.42 bits per heavy atom. The Morgan fingerprint density at radius 2 is 1.71 bits per heavy atom. The molecule has 31 heavy (non-hydrogen) atoms. The summed E-state index contributed by atoms with van der Waals surface area (Å²) in [5, 5.41) is 2.65. The predicted molar refractivity (Wildman–Crippen MR) is 108 cm³/mol. The number of nitrogens with one attached hydrogen (secondary N) is 1. The van der Waals surface area contributed by atoms with Gasteiger partial charge in [-0.3, -0.25) is 9.59 Å². The van der Waals surface area contributed by atoms with E-state index in [-0.39, 0.29) is 40.9 Å². The molecule has 0 saturated heterocycles. The topological polar surface area (TPSA) is 64.2 Å². The van der Waals surface area contributed by atoms with Gasteiger partial charge in [0.1, 0.15) is 28.8 Å². The van der Waals surface area contributed by atoms with Crippen LogP contribution in [0.25, 0.3) is 11.0 Å². The van der Waals surface area contributed by atoms with Crippen LogP contribution in [-0.2, 0) is 13.1 Å². The number of benzene rings is 2. The maximum atomic E-state index is 13.5. The summed E-state index contributed by atoms with van der Waals surface area (Å²) >= 11 is 0. The van der Waals surface area contributed by atoms with Crippen molar-refractivity contribution >= 4 is 16.9 Å². The zero-order valence-corrected chi connectivity index (χ0v) is 16.4. The molecule has 2 aromatic heterocycles. The molecule has 0 bridgehead atoms. The monoisotopic (exact) mass is 426 g/mol. The third kappa shape index (κ3) is 4.23. The number of aryl methyl sites for hydroxylation is 1. The Labute approximate surface area is 174 Å². The molecule has 1 amide bonds. The quantitative estimate of drug-likeness (QED) is 0.518. The second kappa shape index (κ2) is 8.14. The first kappa shape index (κ1) is 20.5. The highest BCUT2D eigenvalue weighted by atomic mass is 19.1. The molecule has 2 aromatic carbocycles. The summed E-state index contributed by atoms with van der Waals surface area (Å²) in [5.41, 5.74) is 0.631. The molecule has 158 valence electrons. The van der Waals surface area contributed by atoms with E-state index in [0.717, 1.165) is 18.2 Å². The third-order valence-corrected chi connectivity index (χ3v) is 4.84. The fraction of sp³-hybridized carbons (Fsp3) is 0.130. The van der Waals surface area contributed by atoms with Crippen LogP contribution in [0.15, 0.2) is 63.9 Å². The standard InChI is InChI=1S/C23H17F3N2O3/c1-13-20(22(29)27-11-15-8-17(25)10-18(26)9-15)21-19(31-13)5-6-28(23(21)30)12-14-3-2-4-16(24)7-14/h2-10H,11-12H2,1H3,(H,27,29). The van der Waals surface area contributed by atoms with Crippen LogP contribution >= 0.6 is 0 Å². The van der Waals surface area contributed by atoms with E-state index in [0.29, 0.717) is 5.56 Å². The molecule has 0 spiro atoms. The predicted octanol–water partition coefficient (Wildman–Crippen LogP) is 4.30. The molecule has 0 saturated carbocycles. The molecule has 0 aliphatic rings. The number of hydrogen-bond donors (Lipinski definition) is 1. The molecule has 0 unspecified atom stereocenters. The van der Waals surface area contributed by atoms with Gasteiger partial charge < -0.3 is 14.3 Å². The van der Waals surface area contributed by atoms with Crippen LogP contribution in [0.1, 0.15) is 27.2 Å². The number of fused-ring (bicyclic) bond motifs is 1. The summed E-state index contributed by atoms with van der Waals surface area (Å²) < 4.78 is 47.1. The van der Waals surface area contributed by atoms with E-state index in [9.17, 15) is 22.8 Å². The molecule has 0 aliphatic heterocycles. The molecular formula is C23H17F3N2O3. The third-order valence-electron chi connectivity index (χ3n) is 4.84. The molecule has 4 rings (SSSR count). The van der Waals surface area contributed by atoms with E-state index in [4.69, 9.17) is 4.42 Å². The summed E-state index contributed by atoms with van der Waals surface area (Å²) in [6.07, 6.45) is 1.51. The van der Waals surface area contributed by atoms with Gasteiger partial charge in [-0.15, -0.1) is 0 Å². The Morgan fingerprint density at radius 1 is 1.00 bits per heavy atom. The second-order valence-corrected chi connectivity index (χ2v) is 7.11. The average molecular weight is 426 g/mol. The summed E-state index contributed by atoms with van der Waals surface area (Å²) in [7, 11) is 0. The zero-order valence-electron chi connectivity index (χ0n) is 16.4. The molecule has 0 atom stereocenters. The van der Waals surface area contributed by atoms with Crippen molar-refractivity contribution in [1.82, 2.24) is 9.88 Å². The maximum Gasteiger partial charge on any atom is 0.262 e. The molecule has 0 radical (unpaired) electrons. The first-order chi connectivity index (χ1) is 14.8. The van der Waals surface area contributed by atoms with Crippen LogP contribution in [-0.4, -0.2) is 10.5 Å². The number of amides is 1. The average Bonchev–Trinajstić information content (AvgIpc) is 3.04. The summed E-state index contributed by atoms with van der Waals surface area (Å²) in [5.74, 6) is -2.30. The lowest BCUT2D eigenvalue weighted by Gasteiger charge is -2.08. The van der Waals surface area contributed by atoms with Gasteiger partial charge in [-0.05, 0) is 48.4 Å². The molecule has 5 nitrogen and oxygen atoms in total. The van der Waals surface area contributed by atoms with E-state index in [1.54, 1.807) is 25.1 Å². The Kier molecular flexibility index (Phi) is 5.37. The van der Waals surface area contributed by atoms with Crippen LogP contribution < -0.4 is 10.9 Å². The highest BCUT2D eigenvalue weighted by molar-refractivity contribution is 6.06. The van der Waals surface area contributed by atoms with Crippen molar-refractivity contribution in [2.24, 2.45) is 0 Å². The number of pyridine rings is 1. The first-order valence-electron chi connectivity index (χ1n) is 9.42. The summed E-state index contributed by atoms with van der Waals surface area (Å²) in [4.78, 5) is 25.8. The van der Waals surface area contributed by atoms with E-state index < -0.39 is 28.9 Å². The number of rotatable bonds is 5. The van der Waals surface area contributed by atoms with Crippen molar-refractivity contribution in [3.05, 3.63) is 105 Å². The molecule has 0 fully saturated rings. The largest absolute Gasteiger partial charge is 0.460 e. The molecule has 1 N–H and O–H groups in total. The van der Waals surface area contributed by atoms with Gasteiger partial charge in [-0.2, -0.15) is 0 Å². The number of carbonyl (C=O) groups is 1. The van der Waals surface area contributed by atoms with Gasteiger partial charge in [-0.1, -0.05) is 12.1 Å². The minimum Gasteiger partial charge on any atom is -0.460 e. The Hall–Kier alpha value is -3.81. The number of aromatic nitrogens is 1. The van der Waals surface area contributed by atoms with Crippen LogP contribution in [0.5, 0.6) is 0 Å². The van der Waals surface area contributed by atoms with Crippen molar-refractivity contribution in [2.75, 3.05) is 0 Å². The Balaban J connectivity index is 1.66. The maximum absolute atomic E-state index is 13.5. The van der Waals surface area contributed by atoms with Gasteiger partial charge >= 0.3 is 0 Å². The van der Waals surface area contributed by atoms with Crippen molar-refractivity contribution in [2.45, 2.75) is 20.0 Å². The van der Waals surface area contributed by atoms with E-state index in [1.807, 2.05) is 0 Å². The molecule has 4 aromatic rings. The minimum absolute atomic E-state index is 0.0467. The number of furan rings is 1. The van der Waals surface area contributed by atoms with Gasteiger partial charge in [0.05, 0.1) is 17.5 Å². The van der Waals surface area contributed by atoms with E-state index in [1.165, 1.54) is 22.9 Å². The minimum atomic E-state index is -0.755. The van der Waals surface area contributed by atoms with Crippen molar-refractivity contribution in [1.29, 1.82) is 0 Å². The van der Waals surface area contributed by atoms with Gasteiger partial charge in [-0.25, -0.2) is 13.2 Å². The number of halogens is 3.